The minimum atomic E-state index is -1.03. The summed E-state index contributed by atoms with van der Waals surface area (Å²) >= 11 is 0. The van der Waals surface area contributed by atoms with Crippen molar-refractivity contribution in [3.63, 3.8) is 0 Å². The van der Waals surface area contributed by atoms with E-state index in [1.165, 1.54) is 19.3 Å². The minimum absolute atomic E-state index is 0.0301. The van der Waals surface area contributed by atoms with Crippen LogP contribution in [-0.2, 0) is 37.0 Å². The van der Waals surface area contributed by atoms with Crippen LogP contribution in [0, 0.1) is 10.8 Å². The number of fused-ring (bicyclic) bond motifs is 2. The molecule has 1 aliphatic carbocycles. The second-order valence-electron chi connectivity index (χ2n) is 15.6. The second-order valence-corrected chi connectivity index (χ2v) is 15.6. The van der Waals surface area contributed by atoms with Crippen molar-refractivity contribution < 1.29 is 33.7 Å². The highest BCUT2D eigenvalue weighted by atomic mass is 16.7. The number of alkyl carbamates (subject to hydrolysis) is 1. The van der Waals surface area contributed by atoms with Crippen LogP contribution in [0.2, 0.25) is 0 Å². The maximum atomic E-state index is 13.5. The van der Waals surface area contributed by atoms with Crippen LogP contribution < -0.4 is 10.2 Å². The van der Waals surface area contributed by atoms with Crippen LogP contribution in [0.4, 0.5) is 10.5 Å². The topological polar surface area (TPSA) is 118 Å². The number of imide groups is 1. The van der Waals surface area contributed by atoms with Crippen molar-refractivity contribution in [1.29, 1.82) is 0 Å². The van der Waals surface area contributed by atoms with E-state index >= 15 is 0 Å². The van der Waals surface area contributed by atoms with Gasteiger partial charge in [0.15, 0.2) is 6.29 Å². The number of rotatable bonds is 9. The number of benzene rings is 3. The highest BCUT2D eigenvalue weighted by molar-refractivity contribution is 6.22. The summed E-state index contributed by atoms with van der Waals surface area (Å²) in [6.07, 6.45) is 2.23. The highest BCUT2D eigenvalue weighted by Gasteiger charge is 2.50. The van der Waals surface area contributed by atoms with Crippen LogP contribution in [0.3, 0.4) is 0 Å². The Labute approximate surface area is 293 Å². The van der Waals surface area contributed by atoms with E-state index in [4.69, 9.17) is 14.2 Å². The average molecular weight is 682 g/mol. The normalized spacial score (nSPS) is 29.3. The summed E-state index contributed by atoms with van der Waals surface area (Å²) in [5.74, 6) is -0.937. The van der Waals surface area contributed by atoms with Crippen LogP contribution >= 0.6 is 0 Å². The maximum Gasteiger partial charge on any atom is 0.408 e. The van der Waals surface area contributed by atoms with Crippen LogP contribution in [-0.4, -0.2) is 59.2 Å². The molecule has 10 nitrogen and oxygen atoms in total. The number of ether oxygens (including phenoxy) is 3. The summed E-state index contributed by atoms with van der Waals surface area (Å²) in [4.78, 5) is 42.9. The van der Waals surface area contributed by atoms with E-state index in [0.29, 0.717) is 34.5 Å². The van der Waals surface area contributed by atoms with Gasteiger partial charge in [-0.25, -0.2) is 9.69 Å². The molecule has 0 spiro atoms. The zero-order chi connectivity index (χ0) is 35.0. The zero-order valence-corrected chi connectivity index (χ0v) is 29.0. The number of carbonyl (C=O) groups excluding carboxylic acids is 3. The lowest BCUT2D eigenvalue weighted by atomic mass is 9.65. The first-order valence-electron chi connectivity index (χ1n) is 17.7. The van der Waals surface area contributed by atoms with Gasteiger partial charge in [-0.2, -0.15) is 0 Å². The fourth-order valence-corrected chi connectivity index (χ4v) is 8.82. The van der Waals surface area contributed by atoms with Crippen molar-refractivity contribution in [2.45, 2.75) is 96.7 Å². The number of hydrogen-bond acceptors (Lipinski definition) is 8. The van der Waals surface area contributed by atoms with E-state index in [-0.39, 0.29) is 31.8 Å². The molecular formula is C40H47N3O7. The Morgan fingerprint density at radius 2 is 1.72 bits per heavy atom. The molecule has 3 aromatic carbocycles. The van der Waals surface area contributed by atoms with Gasteiger partial charge in [-0.1, -0.05) is 87.5 Å². The van der Waals surface area contributed by atoms with Crippen molar-refractivity contribution in [3.05, 3.63) is 101 Å². The molecule has 6 unspecified atom stereocenters. The number of hydrogen-bond donors (Lipinski definition) is 2. The third kappa shape index (κ3) is 7.49. The summed E-state index contributed by atoms with van der Waals surface area (Å²) in [5.41, 5.74) is 4.34. The number of amides is 3. The highest BCUT2D eigenvalue weighted by Crippen LogP contribution is 2.53. The lowest BCUT2D eigenvalue weighted by molar-refractivity contribution is -0.253. The Kier molecular flexibility index (Phi) is 9.56. The number of likely N-dealkylation sites (tertiary alicyclic amines) is 1. The van der Waals surface area contributed by atoms with Gasteiger partial charge in [0.05, 0.1) is 30.9 Å². The standard InChI is InChI=1S/C40H47N3O7/c1-39(2)19-31-20-40(3,24-39)25-42(31)21-32-17-34(28-14-12-26(22-44)13-15-28)50-37(49-32)29-10-7-11-30(16-29)43-35(45)18-33(36(43)46)41-38(47)48-23-27-8-5-4-6-9-27/h4-16,31-34,37,44H,17-25H2,1-3H3,(H,41,47). The average Bonchev–Trinajstić information content (AvgIpc) is 3.51. The predicted octanol–water partition coefficient (Wildman–Crippen LogP) is 6.18. The SMILES string of the molecule is CC1(C)CC2CC(C)(CN2CC2CC(c3ccc(CO)cc3)OC(c3cccc(N4C(=O)CC(NC(=O)OCc5ccccc5)C4=O)c3)O2)C1. The number of aliphatic hydroxyl groups excluding tert-OH is 1. The molecular weight excluding hydrogens is 634 g/mol. The zero-order valence-electron chi connectivity index (χ0n) is 29.0. The molecule has 2 bridgehead atoms. The Morgan fingerprint density at radius 1 is 0.940 bits per heavy atom. The Hall–Kier alpha value is -4.09. The molecule has 0 aromatic heterocycles. The third-order valence-electron chi connectivity index (χ3n) is 10.6. The Balaban J connectivity index is 1.07. The van der Waals surface area contributed by atoms with Crippen molar-refractivity contribution in [2.75, 3.05) is 18.0 Å². The minimum Gasteiger partial charge on any atom is -0.445 e. The molecule has 4 aliphatic rings. The van der Waals surface area contributed by atoms with Crippen LogP contribution in [0.5, 0.6) is 0 Å². The van der Waals surface area contributed by atoms with Gasteiger partial charge in [0.1, 0.15) is 12.6 Å². The first-order valence-corrected chi connectivity index (χ1v) is 17.7. The lowest BCUT2D eigenvalue weighted by Gasteiger charge is -2.41. The van der Waals surface area contributed by atoms with Crippen LogP contribution in [0.1, 0.15) is 87.5 Å². The fraction of sp³-hybridized carbons (Fsp3) is 0.475. The van der Waals surface area contributed by atoms with Crippen LogP contribution in [0.15, 0.2) is 78.9 Å². The van der Waals surface area contributed by atoms with Gasteiger partial charge in [0, 0.05) is 31.1 Å². The smallest absolute Gasteiger partial charge is 0.408 e. The molecule has 3 aromatic rings. The molecule has 4 fully saturated rings. The van der Waals surface area contributed by atoms with Gasteiger partial charge in [-0.15, -0.1) is 0 Å². The van der Waals surface area contributed by atoms with E-state index in [0.717, 1.165) is 34.7 Å². The van der Waals surface area contributed by atoms with Crippen molar-refractivity contribution in [3.8, 4) is 0 Å². The largest absolute Gasteiger partial charge is 0.445 e. The molecule has 2 N–H and O–H groups in total. The van der Waals surface area contributed by atoms with E-state index in [9.17, 15) is 19.5 Å². The summed E-state index contributed by atoms with van der Waals surface area (Å²) in [6, 6.07) is 23.7. The summed E-state index contributed by atoms with van der Waals surface area (Å²) in [7, 11) is 0. The molecule has 3 amide bonds. The number of carbonyl (C=O) groups is 3. The Bertz CT molecular complexity index is 1710. The number of nitrogens with zero attached hydrogens (tertiary/aromatic N) is 2. The molecule has 6 atom stereocenters. The van der Waals surface area contributed by atoms with Crippen molar-refractivity contribution in [2.24, 2.45) is 10.8 Å². The fourth-order valence-electron chi connectivity index (χ4n) is 8.82. The quantitative estimate of drug-likeness (QED) is 0.257. The first kappa shape index (κ1) is 34.4. The number of aliphatic hydroxyl groups is 1. The molecule has 50 heavy (non-hydrogen) atoms. The van der Waals surface area contributed by atoms with Gasteiger partial charge >= 0.3 is 6.09 Å². The first-order chi connectivity index (χ1) is 24.0. The third-order valence-corrected chi connectivity index (χ3v) is 10.6. The number of anilines is 1. The predicted molar refractivity (Wildman–Crippen MR) is 187 cm³/mol. The van der Waals surface area contributed by atoms with E-state index in [1.54, 1.807) is 18.2 Å². The molecule has 7 rings (SSSR count). The Morgan fingerprint density at radius 3 is 2.48 bits per heavy atom. The molecule has 264 valence electrons. The van der Waals surface area contributed by atoms with Gasteiger partial charge < -0.3 is 24.6 Å². The van der Waals surface area contributed by atoms with Crippen molar-refractivity contribution in [1.82, 2.24) is 10.2 Å². The van der Waals surface area contributed by atoms with E-state index < -0.39 is 30.2 Å². The molecule has 0 radical (unpaired) electrons. The summed E-state index contributed by atoms with van der Waals surface area (Å²) in [6.45, 7) is 9.04. The monoisotopic (exact) mass is 681 g/mol. The molecule has 3 aliphatic heterocycles. The molecule has 3 saturated heterocycles. The molecule has 10 heteroatoms. The van der Waals surface area contributed by atoms with Gasteiger partial charge in [-0.3, -0.25) is 14.5 Å². The summed E-state index contributed by atoms with van der Waals surface area (Å²) < 4.78 is 18.6. The van der Waals surface area contributed by atoms with Crippen molar-refractivity contribution >= 4 is 23.6 Å². The second kappa shape index (κ2) is 13.9. The number of nitrogens with one attached hydrogen (secondary N) is 1. The van der Waals surface area contributed by atoms with E-state index in [1.807, 2.05) is 60.7 Å². The van der Waals surface area contributed by atoms with Gasteiger partial charge in [0.2, 0.25) is 5.91 Å². The lowest BCUT2D eigenvalue weighted by Crippen LogP contribution is -2.42. The van der Waals surface area contributed by atoms with E-state index in [2.05, 4.69) is 31.0 Å². The molecule has 1 saturated carbocycles. The van der Waals surface area contributed by atoms with Crippen LogP contribution in [0.25, 0.3) is 0 Å². The summed E-state index contributed by atoms with van der Waals surface area (Å²) in [5, 5.41) is 12.2. The van der Waals surface area contributed by atoms with Gasteiger partial charge in [-0.05, 0) is 58.9 Å². The maximum absolute atomic E-state index is 13.5. The van der Waals surface area contributed by atoms with Gasteiger partial charge in [0.25, 0.3) is 5.91 Å². The molecule has 3 heterocycles.